The van der Waals surface area contributed by atoms with E-state index < -0.39 is 22.2 Å². The minimum atomic E-state index is -1.11. The number of H-pyrrole nitrogens is 1. The van der Waals surface area contributed by atoms with Crippen molar-refractivity contribution >= 4 is 51.1 Å². The van der Waals surface area contributed by atoms with E-state index in [1.54, 1.807) is 19.4 Å². The Morgan fingerprint density at radius 2 is 2.00 bits per heavy atom. The van der Waals surface area contributed by atoms with Gasteiger partial charge < -0.3 is 15.8 Å². The number of aryl methyl sites for hydroxylation is 1. The van der Waals surface area contributed by atoms with E-state index in [4.69, 9.17) is 10.7 Å². The van der Waals surface area contributed by atoms with Crippen LogP contribution < -0.4 is 5.73 Å². The predicted molar refractivity (Wildman–Crippen MR) is 192 cm³/mol. The minimum Gasteiger partial charge on any atom is -0.481 e. The Labute approximate surface area is 287 Å². The summed E-state index contributed by atoms with van der Waals surface area (Å²) in [7, 11) is 0.535. The first-order valence-electron chi connectivity index (χ1n) is 16.4. The number of amidine groups is 2. The molecule has 252 valence electrons. The lowest BCUT2D eigenvalue weighted by Crippen LogP contribution is -2.26. The van der Waals surface area contributed by atoms with Crippen LogP contribution in [0.2, 0.25) is 0 Å². The number of rotatable bonds is 4. The van der Waals surface area contributed by atoms with E-state index in [1.807, 2.05) is 36.4 Å². The fourth-order valence-electron chi connectivity index (χ4n) is 6.71. The quantitative estimate of drug-likeness (QED) is 0.207. The van der Waals surface area contributed by atoms with Crippen molar-refractivity contribution < 1.29 is 18.5 Å². The van der Waals surface area contributed by atoms with Crippen LogP contribution in [0, 0.1) is 16.6 Å². The lowest BCUT2D eigenvalue weighted by molar-refractivity contribution is -0.143. The van der Waals surface area contributed by atoms with Crippen LogP contribution in [0.3, 0.4) is 0 Å². The normalized spacial score (nSPS) is 22.3. The average Bonchev–Trinajstić information content (AvgIpc) is 3.69. The molecule has 4 N–H and O–H groups in total. The molecule has 1 aliphatic heterocycles. The molecule has 6 rings (SSSR count). The van der Waals surface area contributed by atoms with Crippen molar-refractivity contribution in [2.75, 3.05) is 18.6 Å². The maximum Gasteiger partial charge on any atom is 0.309 e. The first-order valence-corrected chi connectivity index (χ1v) is 18.7. The van der Waals surface area contributed by atoms with Gasteiger partial charge in [-0.1, -0.05) is 56.3 Å². The average molecular weight is 688 g/mol. The SMILES string of the molecule is CN=C1N=C(N)C(c2cccc(CC3(C(=O)O)CC3)c2)CCCC(C)(C)CS(=O)CCc2c(c(F)cc3[nH]ccc23)Sc2ccnc1c2. The van der Waals surface area contributed by atoms with Gasteiger partial charge in [0.25, 0.3) is 0 Å². The molecule has 1 saturated carbocycles. The van der Waals surface area contributed by atoms with Crippen molar-refractivity contribution in [2.45, 2.75) is 74.5 Å². The van der Waals surface area contributed by atoms with Crippen molar-refractivity contribution in [1.82, 2.24) is 9.97 Å². The first kappa shape index (κ1) is 34.0. The van der Waals surface area contributed by atoms with Crippen LogP contribution in [-0.4, -0.2) is 55.5 Å². The summed E-state index contributed by atoms with van der Waals surface area (Å²) >= 11 is 1.31. The molecule has 0 amide bonds. The molecule has 0 radical (unpaired) electrons. The smallest absolute Gasteiger partial charge is 0.309 e. The number of hydrogen-bond donors (Lipinski definition) is 3. The number of nitrogens with two attached hydrogens (primary N) is 1. The van der Waals surface area contributed by atoms with Gasteiger partial charge >= 0.3 is 5.97 Å². The molecule has 1 aliphatic carbocycles. The number of nitrogens with zero attached hydrogens (tertiary/aromatic N) is 3. The lowest BCUT2D eigenvalue weighted by atomic mass is 9.84. The van der Waals surface area contributed by atoms with Crippen LogP contribution in [0.25, 0.3) is 10.9 Å². The van der Waals surface area contributed by atoms with Crippen molar-refractivity contribution in [3.8, 4) is 0 Å². The third kappa shape index (κ3) is 7.57. The maximum absolute atomic E-state index is 15.7. The number of aliphatic imine (C=N–C) groups is 2. The molecule has 11 heteroatoms. The van der Waals surface area contributed by atoms with E-state index in [1.165, 1.54) is 17.8 Å². The zero-order valence-electron chi connectivity index (χ0n) is 27.6. The highest BCUT2D eigenvalue weighted by atomic mass is 32.2. The lowest BCUT2D eigenvalue weighted by Gasteiger charge is -2.26. The van der Waals surface area contributed by atoms with Gasteiger partial charge in [-0.2, -0.15) is 0 Å². The fraction of sp³-hybridized carbons (Fsp3) is 0.405. The molecule has 2 aliphatic rings. The molecule has 2 atom stereocenters. The largest absolute Gasteiger partial charge is 0.481 e. The third-order valence-electron chi connectivity index (χ3n) is 9.53. The second-order valence-electron chi connectivity index (χ2n) is 13.8. The number of carbonyl (C=O) groups is 1. The number of aromatic amines is 1. The van der Waals surface area contributed by atoms with Crippen LogP contribution in [0.4, 0.5) is 4.39 Å². The molecular formula is C37H42FN5O3S2. The van der Waals surface area contributed by atoms with Crippen molar-refractivity contribution in [3.63, 3.8) is 0 Å². The van der Waals surface area contributed by atoms with E-state index in [2.05, 4.69) is 34.9 Å². The summed E-state index contributed by atoms with van der Waals surface area (Å²) in [6.45, 7) is 4.29. The molecule has 1 fully saturated rings. The number of hydrogen-bond acceptors (Lipinski definition) is 6. The number of benzene rings is 2. The Kier molecular flexibility index (Phi) is 9.90. The Hall–Kier alpha value is -3.83. The predicted octanol–water partition coefficient (Wildman–Crippen LogP) is 7.28. The molecule has 0 saturated heterocycles. The Balaban J connectivity index is 1.39. The Morgan fingerprint density at radius 3 is 2.75 bits per heavy atom. The highest BCUT2D eigenvalue weighted by Crippen LogP contribution is 2.49. The molecule has 3 heterocycles. The Morgan fingerprint density at radius 1 is 1.19 bits per heavy atom. The number of aromatic nitrogens is 2. The van der Waals surface area contributed by atoms with Gasteiger partial charge in [0.15, 0.2) is 5.84 Å². The third-order valence-corrected chi connectivity index (χ3v) is 12.4. The number of carboxylic acid groups (broad SMARTS) is 1. The van der Waals surface area contributed by atoms with Gasteiger partial charge in [0.1, 0.15) is 17.3 Å². The van der Waals surface area contributed by atoms with Crippen LogP contribution in [0.5, 0.6) is 0 Å². The zero-order chi connectivity index (χ0) is 34.1. The minimum absolute atomic E-state index is 0.200. The van der Waals surface area contributed by atoms with E-state index >= 15 is 4.39 Å². The molecule has 8 nitrogen and oxygen atoms in total. The van der Waals surface area contributed by atoms with Gasteiger partial charge in [0.05, 0.1) is 10.3 Å². The number of fused-ring (bicyclic) bond motifs is 5. The van der Waals surface area contributed by atoms with Crippen LogP contribution in [0.1, 0.15) is 74.3 Å². The van der Waals surface area contributed by atoms with E-state index in [-0.39, 0.29) is 17.2 Å². The summed E-state index contributed by atoms with van der Waals surface area (Å²) in [5.74, 6) is 0.397. The highest BCUT2D eigenvalue weighted by Gasteiger charge is 2.50. The molecule has 2 aromatic carbocycles. The molecule has 4 aromatic rings. The van der Waals surface area contributed by atoms with Gasteiger partial charge in [0.2, 0.25) is 0 Å². The van der Waals surface area contributed by atoms with Gasteiger partial charge in [-0.15, -0.1) is 0 Å². The summed E-state index contributed by atoms with van der Waals surface area (Å²) < 4.78 is 29.2. The number of halogens is 1. The van der Waals surface area contributed by atoms with E-state index in [0.717, 1.165) is 45.3 Å². The molecule has 2 unspecified atom stereocenters. The summed E-state index contributed by atoms with van der Waals surface area (Å²) in [5.41, 5.74) is 9.97. The van der Waals surface area contributed by atoms with Gasteiger partial charge in [-0.25, -0.2) is 9.38 Å². The first-order chi connectivity index (χ1) is 23.0. The number of nitrogens with one attached hydrogen (secondary N) is 1. The summed E-state index contributed by atoms with van der Waals surface area (Å²) in [6.07, 6.45) is 8.15. The van der Waals surface area contributed by atoms with Crippen molar-refractivity contribution in [2.24, 2.45) is 26.5 Å². The van der Waals surface area contributed by atoms with Crippen molar-refractivity contribution in [3.05, 3.63) is 89.1 Å². The summed E-state index contributed by atoms with van der Waals surface area (Å²) in [5, 5.41) is 10.7. The van der Waals surface area contributed by atoms with Gasteiger partial charge in [-0.05, 0) is 84.9 Å². The Bertz CT molecular complexity index is 1930. The zero-order valence-corrected chi connectivity index (χ0v) is 29.2. The standard InChI is InChI=1S/C37H42FN5O3S2/c1-36(2)12-5-8-26(24-7-4-6-23(18-24)21-37(13-14-37)35(44)45)33(39)43-34(40-3)31-19-25(9-15-42-31)47-32-28(11-17-48(46)22-36)27-10-16-41-30(27)20-29(32)38/h4,6-7,9-10,15-16,18-20,26,41H,5,8,11-14,17,21-22H2,1-3H3,(H,44,45)(H2,39,40,43). The topological polar surface area (TPSA) is 134 Å². The van der Waals surface area contributed by atoms with E-state index in [9.17, 15) is 14.1 Å². The monoisotopic (exact) mass is 687 g/mol. The van der Waals surface area contributed by atoms with Crippen LogP contribution in [-0.2, 0) is 28.4 Å². The van der Waals surface area contributed by atoms with Gasteiger partial charge in [0, 0.05) is 63.5 Å². The highest BCUT2D eigenvalue weighted by molar-refractivity contribution is 7.99. The van der Waals surface area contributed by atoms with Crippen LogP contribution in [0.15, 0.2) is 80.7 Å². The molecule has 2 bridgehead atoms. The molecule has 2 aromatic heterocycles. The number of pyridine rings is 1. The van der Waals surface area contributed by atoms with Gasteiger partial charge in [-0.3, -0.25) is 19.0 Å². The second-order valence-corrected chi connectivity index (χ2v) is 16.5. The second kappa shape index (κ2) is 14.0. The summed E-state index contributed by atoms with van der Waals surface area (Å²) in [4.78, 5) is 30.2. The van der Waals surface area contributed by atoms with Crippen LogP contribution >= 0.6 is 11.8 Å². The molecular weight excluding hydrogens is 646 g/mol. The summed E-state index contributed by atoms with van der Waals surface area (Å²) in [6, 6.07) is 15.2. The number of carboxylic acids is 1. The molecule has 48 heavy (non-hydrogen) atoms. The fourth-order valence-corrected chi connectivity index (χ4v) is 9.33. The van der Waals surface area contributed by atoms with E-state index in [0.29, 0.717) is 65.9 Å². The maximum atomic E-state index is 15.7. The molecule has 0 spiro atoms. The number of aliphatic carboxylic acids is 1. The van der Waals surface area contributed by atoms with Crippen molar-refractivity contribution in [1.29, 1.82) is 0 Å².